The van der Waals surface area contributed by atoms with E-state index in [1.807, 2.05) is 19.1 Å². The average molecular weight is 553 g/mol. The number of amides is 1. The third kappa shape index (κ3) is 5.43. The molecule has 1 fully saturated rings. The Balaban J connectivity index is 1.29. The molecule has 11 heteroatoms. The number of aryl methyl sites for hydroxylation is 1. The van der Waals surface area contributed by atoms with Gasteiger partial charge in [-0.15, -0.1) is 0 Å². The van der Waals surface area contributed by atoms with E-state index < -0.39 is 5.82 Å². The van der Waals surface area contributed by atoms with Gasteiger partial charge in [0.05, 0.1) is 11.2 Å². The molecule has 1 aliphatic carbocycles. The Morgan fingerprint density at radius 3 is 2.88 bits per heavy atom. The summed E-state index contributed by atoms with van der Waals surface area (Å²) < 4.78 is 22.9. The maximum atomic E-state index is 15.4. The Morgan fingerprint density at radius 2 is 2.02 bits per heavy atom. The van der Waals surface area contributed by atoms with Crippen LogP contribution in [0.2, 0.25) is 0 Å². The fourth-order valence-corrected chi connectivity index (χ4v) is 5.36. The van der Waals surface area contributed by atoms with Crippen LogP contribution in [0.4, 0.5) is 15.9 Å². The number of benzene rings is 1. The first-order chi connectivity index (χ1) is 19.9. The third-order valence-corrected chi connectivity index (χ3v) is 7.51. The molecule has 5 aromatic rings. The highest BCUT2D eigenvalue weighted by molar-refractivity contribution is 5.88. The van der Waals surface area contributed by atoms with Crippen LogP contribution in [0.3, 0.4) is 0 Å². The van der Waals surface area contributed by atoms with Crippen LogP contribution in [0.5, 0.6) is 11.5 Å². The molecule has 3 atom stereocenters. The molecule has 0 saturated heterocycles. The number of halogens is 1. The van der Waals surface area contributed by atoms with Crippen LogP contribution < -0.4 is 15.4 Å². The normalized spacial score (nSPS) is 18.8. The van der Waals surface area contributed by atoms with Crippen molar-refractivity contribution in [3.63, 3.8) is 0 Å². The number of hydrogen-bond acceptors (Lipinski definition) is 8. The van der Waals surface area contributed by atoms with E-state index >= 15 is 4.39 Å². The van der Waals surface area contributed by atoms with Crippen molar-refractivity contribution in [1.82, 2.24) is 34.9 Å². The molecule has 0 radical (unpaired) electrons. The van der Waals surface area contributed by atoms with Gasteiger partial charge in [-0.25, -0.2) is 28.8 Å². The predicted octanol–water partition coefficient (Wildman–Crippen LogP) is 5.63. The van der Waals surface area contributed by atoms with Gasteiger partial charge in [-0.1, -0.05) is 13.5 Å². The quantitative estimate of drug-likeness (QED) is 0.250. The van der Waals surface area contributed by atoms with E-state index in [9.17, 15) is 4.79 Å². The van der Waals surface area contributed by atoms with Crippen molar-refractivity contribution < 1.29 is 13.9 Å². The standard InChI is InChI=1S/C30H29FN8O2/c1-4-28(40)36-22-6-5-17(2)11-20(22)23-7-8-24-29(37-23)30(34-15-32-24)38-25-12-18(3)26(14-21(25)31)41-19-9-10-39-27(13-19)33-16-35-39/h4,7-10,12-17,20,22H,1,5-6,11H2,2-3H3,(H,36,40)(H,32,34,38). The van der Waals surface area contributed by atoms with Gasteiger partial charge in [0, 0.05) is 36.0 Å². The van der Waals surface area contributed by atoms with Crippen molar-refractivity contribution in [1.29, 1.82) is 0 Å². The van der Waals surface area contributed by atoms with Crippen molar-refractivity contribution in [2.24, 2.45) is 5.92 Å². The molecule has 0 spiro atoms. The number of carbonyl (C=O) groups is 1. The van der Waals surface area contributed by atoms with Gasteiger partial charge < -0.3 is 15.4 Å². The second-order valence-electron chi connectivity index (χ2n) is 10.4. The van der Waals surface area contributed by atoms with Gasteiger partial charge in [0.1, 0.15) is 35.5 Å². The minimum Gasteiger partial charge on any atom is -0.457 e. The SMILES string of the molecule is C=CC(=O)NC1CCC(C)CC1c1ccc2ncnc(Nc3cc(C)c(Oc4ccn5ncnc5c4)cc3F)c2n1. The Hall–Kier alpha value is -4.93. The highest BCUT2D eigenvalue weighted by Gasteiger charge is 2.32. The van der Waals surface area contributed by atoms with E-state index in [0.717, 1.165) is 30.5 Å². The van der Waals surface area contributed by atoms with E-state index in [1.165, 1.54) is 24.8 Å². The summed E-state index contributed by atoms with van der Waals surface area (Å²) in [6.07, 6.45) is 8.66. The number of rotatable bonds is 7. The summed E-state index contributed by atoms with van der Waals surface area (Å²) in [5.41, 5.74) is 3.56. The highest BCUT2D eigenvalue weighted by atomic mass is 19.1. The van der Waals surface area contributed by atoms with Crippen LogP contribution in [-0.4, -0.2) is 41.5 Å². The molecular formula is C30H29FN8O2. The summed E-state index contributed by atoms with van der Waals surface area (Å²) in [7, 11) is 0. The highest BCUT2D eigenvalue weighted by Crippen LogP contribution is 2.37. The van der Waals surface area contributed by atoms with E-state index in [1.54, 1.807) is 28.9 Å². The summed E-state index contributed by atoms with van der Waals surface area (Å²) in [5.74, 6) is 1.10. The topological polar surface area (TPSA) is 119 Å². The zero-order valence-electron chi connectivity index (χ0n) is 22.7. The van der Waals surface area contributed by atoms with Crippen molar-refractivity contribution in [3.05, 3.63) is 85.0 Å². The van der Waals surface area contributed by atoms with Crippen LogP contribution in [0, 0.1) is 18.7 Å². The van der Waals surface area contributed by atoms with Crippen molar-refractivity contribution in [3.8, 4) is 11.5 Å². The van der Waals surface area contributed by atoms with Gasteiger partial charge in [0.15, 0.2) is 11.5 Å². The lowest BCUT2D eigenvalue weighted by molar-refractivity contribution is -0.117. The fourth-order valence-electron chi connectivity index (χ4n) is 5.36. The van der Waals surface area contributed by atoms with Crippen molar-refractivity contribution in [2.45, 2.75) is 45.1 Å². The van der Waals surface area contributed by atoms with Crippen molar-refractivity contribution in [2.75, 3.05) is 5.32 Å². The van der Waals surface area contributed by atoms with E-state index in [4.69, 9.17) is 9.72 Å². The van der Waals surface area contributed by atoms with Gasteiger partial charge in [0.2, 0.25) is 5.91 Å². The first kappa shape index (κ1) is 26.3. The molecule has 10 nitrogen and oxygen atoms in total. The second-order valence-corrected chi connectivity index (χ2v) is 10.4. The van der Waals surface area contributed by atoms with E-state index in [-0.39, 0.29) is 23.6 Å². The lowest BCUT2D eigenvalue weighted by Crippen LogP contribution is -2.41. The number of carbonyl (C=O) groups excluding carboxylic acids is 1. The Kier molecular flexibility index (Phi) is 7.00. The number of fused-ring (bicyclic) bond motifs is 2. The summed E-state index contributed by atoms with van der Waals surface area (Å²) in [5, 5.41) is 10.3. The van der Waals surface area contributed by atoms with Crippen LogP contribution in [0.15, 0.2) is 67.9 Å². The summed E-state index contributed by atoms with van der Waals surface area (Å²) >= 11 is 0. The zero-order chi connectivity index (χ0) is 28.5. The van der Waals surface area contributed by atoms with E-state index in [2.05, 4.69) is 44.2 Å². The predicted molar refractivity (Wildman–Crippen MR) is 153 cm³/mol. The smallest absolute Gasteiger partial charge is 0.243 e. The molecular weight excluding hydrogens is 523 g/mol. The molecule has 4 aromatic heterocycles. The molecule has 1 saturated carbocycles. The summed E-state index contributed by atoms with van der Waals surface area (Å²) in [6.45, 7) is 7.63. The third-order valence-electron chi connectivity index (χ3n) is 7.51. The minimum absolute atomic E-state index is 0.0208. The van der Waals surface area contributed by atoms with Crippen LogP contribution in [0.25, 0.3) is 16.7 Å². The lowest BCUT2D eigenvalue weighted by atomic mass is 9.77. The number of hydrogen-bond donors (Lipinski definition) is 2. The Morgan fingerprint density at radius 1 is 1.15 bits per heavy atom. The molecule has 0 bridgehead atoms. The Bertz CT molecular complexity index is 1770. The van der Waals surface area contributed by atoms with Gasteiger partial charge in [-0.05, 0) is 68.0 Å². The van der Waals surface area contributed by atoms with E-state index in [0.29, 0.717) is 39.9 Å². The molecule has 1 aromatic carbocycles. The summed E-state index contributed by atoms with van der Waals surface area (Å²) in [4.78, 5) is 29.9. The number of ether oxygens (including phenoxy) is 1. The first-order valence-corrected chi connectivity index (χ1v) is 13.5. The largest absolute Gasteiger partial charge is 0.457 e. The number of aromatic nitrogens is 6. The molecule has 2 N–H and O–H groups in total. The number of pyridine rings is 2. The Labute approximate surface area is 235 Å². The molecule has 0 aliphatic heterocycles. The van der Waals surface area contributed by atoms with Gasteiger partial charge >= 0.3 is 0 Å². The average Bonchev–Trinajstić information content (AvgIpc) is 3.44. The molecule has 1 amide bonds. The molecule has 6 rings (SSSR count). The van der Waals surface area contributed by atoms with Gasteiger partial charge in [-0.2, -0.15) is 5.10 Å². The maximum absolute atomic E-state index is 15.4. The van der Waals surface area contributed by atoms with Crippen LogP contribution in [-0.2, 0) is 4.79 Å². The van der Waals surface area contributed by atoms with Crippen LogP contribution in [0.1, 0.15) is 43.4 Å². The van der Waals surface area contributed by atoms with Gasteiger partial charge in [-0.3, -0.25) is 4.79 Å². The molecule has 1 aliphatic rings. The summed E-state index contributed by atoms with van der Waals surface area (Å²) in [6, 6.07) is 10.3. The number of nitrogens with zero attached hydrogens (tertiary/aromatic N) is 6. The second kappa shape index (κ2) is 10.9. The fraction of sp³-hybridized carbons (Fsp3) is 0.267. The number of nitrogens with one attached hydrogen (secondary N) is 2. The van der Waals surface area contributed by atoms with Crippen molar-refractivity contribution >= 4 is 34.1 Å². The van der Waals surface area contributed by atoms with Gasteiger partial charge in [0.25, 0.3) is 0 Å². The molecule has 3 unspecified atom stereocenters. The minimum atomic E-state index is -0.509. The molecule has 4 heterocycles. The zero-order valence-corrected chi connectivity index (χ0v) is 22.7. The molecule has 41 heavy (non-hydrogen) atoms. The lowest BCUT2D eigenvalue weighted by Gasteiger charge is -2.35. The number of anilines is 2. The van der Waals surface area contributed by atoms with Crippen LogP contribution >= 0.6 is 0 Å². The monoisotopic (exact) mass is 552 g/mol. The maximum Gasteiger partial charge on any atom is 0.243 e. The molecule has 208 valence electrons. The first-order valence-electron chi connectivity index (χ1n) is 13.5.